The van der Waals surface area contributed by atoms with Crippen LogP contribution in [0, 0.1) is 29.1 Å². The van der Waals surface area contributed by atoms with Crippen molar-refractivity contribution in [1.82, 2.24) is 20.6 Å². The smallest absolute Gasteiger partial charge is 0.251 e. The summed E-state index contributed by atoms with van der Waals surface area (Å²) < 4.78 is 6.12. The Bertz CT molecular complexity index is 1930. The molecule has 3 aromatic carbocycles. The number of methoxy groups -OCH3 is 1. The van der Waals surface area contributed by atoms with Gasteiger partial charge in [0.25, 0.3) is 5.91 Å². The van der Waals surface area contributed by atoms with E-state index in [0.29, 0.717) is 35.6 Å². The van der Waals surface area contributed by atoms with Gasteiger partial charge < -0.3 is 40.5 Å². The number of amides is 2. The average molecular weight is 812 g/mol. The number of para-hydroxylation sites is 1. The third-order valence-electron chi connectivity index (χ3n) is 14.2. The molecule has 5 aliphatic rings. The number of fused-ring (bicyclic) bond motifs is 2. The monoisotopic (exact) mass is 811 g/mol. The van der Waals surface area contributed by atoms with E-state index in [1.165, 1.54) is 6.42 Å². The van der Waals surface area contributed by atoms with Crippen LogP contribution in [0.15, 0.2) is 66.7 Å². The van der Waals surface area contributed by atoms with Crippen molar-refractivity contribution in [3.63, 3.8) is 0 Å². The van der Waals surface area contributed by atoms with Crippen molar-refractivity contribution in [2.75, 3.05) is 52.3 Å². The molecule has 12 nitrogen and oxygen atoms in total. The third kappa shape index (κ3) is 8.76. The van der Waals surface area contributed by atoms with Crippen LogP contribution in [0.1, 0.15) is 81.0 Å². The van der Waals surface area contributed by atoms with E-state index in [4.69, 9.17) is 9.57 Å². The standard InChI is InChI=1S/C47H65N5O7/c1-28-37-23-34(47(37,3)4)24-38(28)48-46(57)42-41(29(2)54)40(27-53)59-52(42)25-31-16-13-17-36(44(31)58-7)32-20-33(22-35(21-32)50(5)6)45(56)49-39(26-51-18-11-12-19-51)43(55)30-14-9-8-10-15-30/h8-10,13-17,20-22,28-29,34,37-43,53-55H,11-12,18-19,23-27H2,1-7H3,(H,48,57)(H,49,56)/t28-,29-,34+,37-,38-,39+,40-,41+,42-,43+/m0/s1. The zero-order valence-corrected chi connectivity index (χ0v) is 35.8. The van der Waals surface area contributed by atoms with Gasteiger partial charge in [-0.05, 0) is 98.2 Å². The summed E-state index contributed by atoms with van der Waals surface area (Å²) in [6.45, 7) is 10.7. The van der Waals surface area contributed by atoms with Gasteiger partial charge in [-0.25, -0.2) is 0 Å². The first-order valence-electron chi connectivity index (χ1n) is 21.5. The van der Waals surface area contributed by atoms with Crippen LogP contribution in [0.5, 0.6) is 5.75 Å². The summed E-state index contributed by atoms with van der Waals surface area (Å²) in [4.78, 5) is 39.1. The second-order valence-electron chi connectivity index (χ2n) is 18.3. The topological polar surface area (TPSA) is 147 Å². The Morgan fingerprint density at radius 2 is 1.75 bits per heavy atom. The maximum atomic E-state index is 14.3. The molecule has 2 amide bonds. The number of carbonyl (C=O) groups is 2. The summed E-state index contributed by atoms with van der Waals surface area (Å²) in [5, 5.41) is 41.1. The minimum absolute atomic E-state index is 0.0225. The SMILES string of the molecule is COc1c(CN2O[C@@H](CO)[C@@H]([C@H](C)O)[C@H]2C(=O)N[C@H]2C[C@H]3C[C@@H]([C@@H]2C)C3(C)C)cccc1-c1cc(C(=O)N[C@H](CN2CCCC2)[C@H](O)c2ccccc2)cc(N(C)C)c1. The predicted octanol–water partition coefficient (Wildman–Crippen LogP) is 5.02. The maximum Gasteiger partial charge on any atom is 0.251 e. The largest absolute Gasteiger partial charge is 0.496 e. The second-order valence-corrected chi connectivity index (χ2v) is 18.3. The fourth-order valence-corrected chi connectivity index (χ4v) is 10.6. The van der Waals surface area contributed by atoms with Crippen molar-refractivity contribution >= 4 is 17.5 Å². The zero-order valence-electron chi connectivity index (χ0n) is 35.8. The lowest BCUT2D eigenvalue weighted by Gasteiger charge is -2.62. The fourth-order valence-electron chi connectivity index (χ4n) is 10.6. The number of ether oxygens (including phenoxy) is 1. The number of aliphatic hydroxyl groups is 3. The Morgan fingerprint density at radius 3 is 2.37 bits per heavy atom. The zero-order chi connectivity index (χ0) is 42.2. The van der Waals surface area contributed by atoms with Gasteiger partial charge in [0.05, 0.1) is 32.4 Å². The van der Waals surface area contributed by atoms with E-state index in [1.54, 1.807) is 19.1 Å². The highest BCUT2D eigenvalue weighted by Gasteiger charge is 2.57. The normalized spacial score (nSPS) is 28.0. The molecule has 3 aliphatic carbocycles. The van der Waals surface area contributed by atoms with E-state index in [9.17, 15) is 24.9 Å². The molecule has 8 rings (SSSR count). The summed E-state index contributed by atoms with van der Waals surface area (Å²) in [6, 6.07) is 19.6. The Kier molecular flexibility index (Phi) is 13.1. The lowest BCUT2D eigenvalue weighted by molar-refractivity contribution is -0.183. The van der Waals surface area contributed by atoms with E-state index in [0.717, 1.165) is 60.3 Å². The van der Waals surface area contributed by atoms with Crippen molar-refractivity contribution in [3.05, 3.63) is 83.4 Å². The highest BCUT2D eigenvalue weighted by molar-refractivity contribution is 5.97. The molecule has 12 heteroatoms. The summed E-state index contributed by atoms with van der Waals surface area (Å²) >= 11 is 0. The van der Waals surface area contributed by atoms with Gasteiger partial charge in [0.15, 0.2) is 0 Å². The van der Waals surface area contributed by atoms with Crippen LogP contribution >= 0.6 is 0 Å². The van der Waals surface area contributed by atoms with Gasteiger partial charge in [0.2, 0.25) is 5.91 Å². The average Bonchev–Trinajstić information content (AvgIpc) is 3.88. The molecular formula is C47H65N5O7. The number of aliphatic hydroxyl groups excluding tert-OH is 3. The highest BCUT2D eigenvalue weighted by atomic mass is 16.7. The molecule has 5 fully saturated rings. The first-order chi connectivity index (χ1) is 28.2. The minimum atomic E-state index is -0.917. The number of nitrogens with zero attached hydrogens (tertiary/aromatic N) is 3. The van der Waals surface area contributed by atoms with Gasteiger partial charge in [-0.1, -0.05) is 69.3 Å². The van der Waals surface area contributed by atoms with Crippen molar-refractivity contribution in [2.45, 2.75) is 96.4 Å². The molecule has 59 heavy (non-hydrogen) atoms. The van der Waals surface area contributed by atoms with E-state index in [2.05, 4.69) is 36.3 Å². The summed E-state index contributed by atoms with van der Waals surface area (Å²) in [7, 11) is 5.45. The first kappa shape index (κ1) is 43.1. The molecule has 3 saturated carbocycles. The predicted molar refractivity (Wildman–Crippen MR) is 229 cm³/mol. The van der Waals surface area contributed by atoms with Crippen LogP contribution < -0.4 is 20.3 Å². The Morgan fingerprint density at radius 1 is 1.02 bits per heavy atom. The molecule has 2 saturated heterocycles. The number of benzene rings is 3. The molecule has 0 unspecified atom stereocenters. The first-order valence-corrected chi connectivity index (χ1v) is 21.5. The van der Waals surface area contributed by atoms with Crippen molar-refractivity contribution in [2.24, 2.45) is 29.1 Å². The Hall–Kier alpha value is -4.04. The molecule has 2 aliphatic heterocycles. The van der Waals surface area contributed by atoms with Gasteiger partial charge in [0, 0.05) is 55.0 Å². The van der Waals surface area contributed by atoms with E-state index in [1.807, 2.05) is 85.7 Å². The maximum absolute atomic E-state index is 14.3. The van der Waals surface area contributed by atoms with E-state index in [-0.39, 0.29) is 36.4 Å². The number of rotatable bonds is 15. The Labute approximate surface area is 349 Å². The van der Waals surface area contributed by atoms with E-state index < -0.39 is 36.3 Å². The number of hydroxylamine groups is 2. The third-order valence-corrected chi connectivity index (χ3v) is 14.2. The number of carbonyl (C=O) groups excluding carboxylic acids is 2. The molecule has 5 N–H and O–H groups in total. The molecule has 320 valence electrons. The summed E-state index contributed by atoms with van der Waals surface area (Å²) in [5.74, 6) is 0.801. The molecule has 0 aromatic heterocycles. The van der Waals surface area contributed by atoms with Crippen LogP contribution in [-0.4, -0.2) is 115 Å². The summed E-state index contributed by atoms with van der Waals surface area (Å²) in [6.07, 6.45) is 1.72. The minimum Gasteiger partial charge on any atom is -0.496 e. The van der Waals surface area contributed by atoms with E-state index >= 15 is 0 Å². The molecule has 2 bridgehead atoms. The number of hydrogen-bond donors (Lipinski definition) is 5. The van der Waals surface area contributed by atoms with Gasteiger partial charge in [-0.3, -0.25) is 14.4 Å². The van der Waals surface area contributed by atoms with Gasteiger partial charge in [0.1, 0.15) is 24.0 Å². The van der Waals surface area contributed by atoms with Crippen LogP contribution in [-0.2, 0) is 16.2 Å². The van der Waals surface area contributed by atoms with Gasteiger partial charge >= 0.3 is 0 Å². The lowest BCUT2D eigenvalue weighted by atomic mass is 9.45. The number of hydrogen-bond acceptors (Lipinski definition) is 10. The Balaban J connectivity index is 1.17. The molecular weight excluding hydrogens is 747 g/mol. The molecule has 0 spiro atoms. The van der Waals surface area contributed by atoms with Crippen molar-refractivity contribution in [3.8, 4) is 16.9 Å². The van der Waals surface area contributed by atoms with Crippen LogP contribution in [0.25, 0.3) is 11.1 Å². The van der Waals surface area contributed by atoms with Crippen molar-refractivity contribution < 1.29 is 34.5 Å². The number of likely N-dealkylation sites (tertiary alicyclic amines) is 1. The number of anilines is 1. The second kappa shape index (κ2) is 17.9. The fraction of sp³-hybridized carbons (Fsp3) is 0.574. The van der Waals surface area contributed by atoms with Crippen LogP contribution in [0.2, 0.25) is 0 Å². The van der Waals surface area contributed by atoms with Crippen LogP contribution in [0.3, 0.4) is 0 Å². The van der Waals surface area contributed by atoms with Crippen molar-refractivity contribution in [1.29, 1.82) is 0 Å². The quantitative estimate of drug-likeness (QED) is 0.142. The molecule has 3 aromatic rings. The molecule has 2 heterocycles. The molecule has 10 atom stereocenters. The van der Waals surface area contributed by atoms with Crippen LogP contribution in [0.4, 0.5) is 5.69 Å². The van der Waals surface area contributed by atoms with Gasteiger partial charge in [-0.2, -0.15) is 5.06 Å². The highest BCUT2D eigenvalue weighted by Crippen LogP contribution is 2.61. The molecule has 0 radical (unpaired) electrons. The van der Waals surface area contributed by atoms with Gasteiger partial charge in [-0.15, -0.1) is 0 Å². The number of nitrogens with one attached hydrogen (secondary N) is 2. The lowest BCUT2D eigenvalue weighted by Crippen LogP contribution is -2.62. The summed E-state index contributed by atoms with van der Waals surface area (Å²) in [5.41, 5.74) is 4.49.